The molecule has 3 fully saturated rings. The van der Waals surface area contributed by atoms with Crippen LogP contribution >= 0.6 is 38.5 Å². The van der Waals surface area contributed by atoms with E-state index in [4.69, 9.17) is 39.2 Å². The van der Waals surface area contributed by atoms with E-state index in [1.54, 1.807) is 0 Å². The fraction of sp³-hybridized carbons (Fsp3) is 0.571. The highest BCUT2D eigenvalue weighted by Crippen LogP contribution is 2.57. The highest BCUT2D eigenvalue weighted by molar-refractivity contribution is 8.44. The number of aliphatic hydroxyl groups is 3. The van der Waals surface area contributed by atoms with Gasteiger partial charge in [-0.25, -0.2) is 24.5 Å². The molecule has 3 saturated heterocycles. The van der Waals surface area contributed by atoms with E-state index < -0.39 is 88.7 Å². The number of nitrogen functional groups attached to an aromatic ring is 1. The molecule has 4 aliphatic rings. The lowest BCUT2D eigenvalue weighted by Crippen LogP contribution is -2.36. The molecule has 0 aliphatic carbocycles. The van der Waals surface area contributed by atoms with E-state index in [0.29, 0.717) is 5.69 Å². The van der Waals surface area contributed by atoms with E-state index >= 15 is 0 Å². The van der Waals surface area contributed by atoms with Gasteiger partial charge in [-0.05, 0) is 0 Å². The van der Waals surface area contributed by atoms with Crippen LogP contribution in [0.15, 0.2) is 24.0 Å². The molecule has 12 atom stereocenters. The van der Waals surface area contributed by atoms with Gasteiger partial charge in [0, 0.05) is 0 Å². The molecule has 0 bridgehead atoms. The fourth-order valence-corrected chi connectivity index (χ4v) is 7.84. The maximum atomic E-state index is 13.5. The Kier molecular flexibility index (Phi) is 8.58. The zero-order valence-corrected chi connectivity index (χ0v) is 26.8. The van der Waals surface area contributed by atoms with Crippen LogP contribution < -0.4 is 16.8 Å². The standard InChI is InChI=1S/C21H28N10O11P2S2/c22-15-9-16(25-3-24-15)30(5-27-9)19-13(41-43(35)45)11(34)7(39-19)2-37-44(36,46)42-14-10(33)6(1-32)38-20(14)31-4-26-8-12-18(40-12)29-21(23)28-17(8)31/h3-7,10-14,18-20,32-34,43H,1-2H2,(H,35,45)(H,36,46)(H2,22,24,25)(H3,23,28,29)/t6-,7-,10?,11?,12?,13?,14?,18?,19-,20-,44?/m1/s1. The topological polar surface area (TPSA) is 291 Å². The molecule has 25 heteroatoms. The normalized spacial score (nSPS) is 35.5. The molecule has 0 aromatic carbocycles. The molecule has 46 heavy (non-hydrogen) atoms. The van der Waals surface area contributed by atoms with Crippen molar-refractivity contribution in [1.82, 2.24) is 34.4 Å². The van der Waals surface area contributed by atoms with Crippen molar-refractivity contribution in [2.75, 3.05) is 18.9 Å². The number of anilines is 1. The van der Waals surface area contributed by atoms with E-state index in [2.05, 4.69) is 54.7 Å². The number of thiol groups is 2. The first kappa shape index (κ1) is 32.2. The number of fused-ring (bicyclic) bond motifs is 4. The molecule has 7 heterocycles. The molecule has 3 aromatic heterocycles. The van der Waals surface area contributed by atoms with E-state index in [9.17, 15) is 24.4 Å². The van der Waals surface area contributed by atoms with Crippen molar-refractivity contribution in [2.24, 2.45) is 10.7 Å². The second-order valence-electron chi connectivity index (χ2n) is 10.5. The third kappa shape index (κ3) is 5.82. The van der Waals surface area contributed by atoms with Crippen LogP contribution in [0.3, 0.4) is 0 Å². The van der Waals surface area contributed by atoms with Gasteiger partial charge in [-0.3, -0.25) is 22.7 Å². The largest absolute Gasteiger partial charge is 0.394 e. The van der Waals surface area contributed by atoms with Gasteiger partial charge < -0.3 is 50.8 Å². The molecule has 250 valence electrons. The summed E-state index contributed by atoms with van der Waals surface area (Å²) in [6.07, 6.45) is -7.32. The van der Waals surface area contributed by atoms with E-state index in [-0.39, 0.29) is 28.8 Å². The van der Waals surface area contributed by atoms with Crippen molar-refractivity contribution in [1.29, 1.82) is 0 Å². The van der Waals surface area contributed by atoms with Crippen molar-refractivity contribution >= 4 is 67.3 Å². The molecule has 0 radical (unpaired) electrons. The maximum absolute atomic E-state index is 13.5. The SMILES string of the molecule is NC1=Nc2c(ncn2[C@@H]2O[C@H](CO)C(O)C2OP(=O)(S)OC[C@H]2O[C@@H](n3cnc4c(N)ncnc43)C(O[PH](=O)S)C2O)C2OC2N1. The molecule has 8 unspecified atom stereocenters. The first-order valence-corrected chi connectivity index (χ1v) is 18.8. The van der Waals surface area contributed by atoms with Gasteiger partial charge in [-0.15, -0.1) is 0 Å². The second kappa shape index (κ2) is 12.3. The van der Waals surface area contributed by atoms with Gasteiger partial charge >= 0.3 is 6.80 Å². The predicted octanol–water partition coefficient (Wildman–Crippen LogP) is -1.09. The third-order valence-corrected chi connectivity index (χ3v) is 10.1. The number of rotatable bonds is 10. The zero-order chi connectivity index (χ0) is 32.5. The third-order valence-electron chi connectivity index (χ3n) is 7.71. The van der Waals surface area contributed by atoms with Gasteiger partial charge in [0.15, 0.2) is 48.0 Å². The summed E-state index contributed by atoms with van der Waals surface area (Å²) in [5.74, 6) is 0.375. The molecule has 0 amide bonds. The van der Waals surface area contributed by atoms with Gasteiger partial charge in [-0.2, -0.15) is 4.99 Å². The molecule has 7 rings (SSSR count). The minimum Gasteiger partial charge on any atom is -0.394 e. The molecule has 3 aromatic rings. The Morgan fingerprint density at radius 1 is 1.04 bits per heavy atom. The van der Waals surface area contributed by atoms with Crippen LogP contribution in [0.1, 0.15) is 24.3 Å². The summed E-state index contributed by atoms with van der Waals surface area (Å²) in [5.41, 5.74) is 12.7. The number of imidazole rings is 2. The van der Waals surface area contributed by atoms with Crippen molar-refractivity contribution in [2.45, 2.75) is 61.4 Å². The van der Waals surface area contributed by atoms with Gasteiger partial charge in [0.2, 0.25) is 7.23 Å². The summed E-state index contributed by atoms with van der Waals surface area (Å²) >= 11 is 7.91. The van der Waals surface area contributed by atoms with Gasteiger partial charge in [0.05, 0.1) is 25.9 Å². The van der Waals surface area contributed by atoms with Gasteiger partial charge in [0.25, 0.3) is 0 Å². The first-order chi connectivity index (χ1) is 22.0. The lowest BCUT2D eigenvalue weighted by atomic mass is 10.1. The molecular weight excluding hydrogens is 694 g/mol. The number of epoxide rings is 1. The van der Waals surface area contributed by atoms with Crippen LogP contribution in [0.5, 0.6) is 0 Å². The van der Waals surface area contributed by atoms with Crippen LogP contribution in [0.2, 0.25) is 0 Å². The number of nitrogens with zero attached hydrogens (tertiary/aromatic N) is 7. The van der Waals surface area contributed by atoms with Crippen LogP contribution in [0, 0.1) is 0 Å². The van der Waals surface area contributed by atoms with Crippen LogP contribution in [0.4, 0.5) is 11.6 Å². The van der Waals surface area contributed by atoms with Crippen LogP contribution in [-0.2, 0) is 36.9 Å². The highest BCUT2D eigenvalue weighted by atomic mass is 32.7. The molecular formula is C21H28N10O11P2S2. The monoisotopic (exact) mass is 722 g/mol. The number of aliphatic imine (C=N–C) groups is 1. The quantitative estimate of drug-likeness (QED) is 0.0700. The first-order valence-electron chi connectivity index (χ1n) is 13.5. The number of hydrogen-bond donors (Lipinski definition) is 8. The number of aliphatic hydroxyl groups excluding tert-OH is 3. The minimum atomic E-state index is -4.38. The predicted molar refractivity (Wildman–Crippen MR) is 161 cm³/mol. The fourth-order valence-electron chi connectivity index (χ4n) is 5.53. The molecule has 21 nitrogen and oxygen atoms in total. The van der Waals surface area contributed by atoms with E-state index in [0.717, 1.165) is 0 Å². The number of guanidine groups is 1. The Hall–Kier alpha value is -2.37. The number of nitrogens with two attached hydrogens (primary N) is 2. The number of aromatic nitrogens is 6. The summed E-state index contributed by atoms with van der Waals surface area (Å²) in [5, 5.41) is 34.7. The van der Waals surface area contributed by atoms with Gasteiger partial charge in [-0.1, -0.05) is 24.5 Å². The highest BCUT2D eigenvalue weighted by Gasteiger charge is 2.52. The molecule has 4 aliphatic heterocycles. The van der Waals surface area contributed by atoms with Crippen molar-refractivity contribution < 1.29 is 52.2 Å². The Bertz CT molecular complexity index is 1750. The second-order valence-corrected chi connectivity index (χ2v) is 15.3. The molecule has 0 spiro atoms. The molecule has 0 saturated carbocycles. The van der Waals surface area contributed by atoms with E-state index in [1.807, 2.05) is 0 Å². The van der Waals surface area contributed by atoms with Gasteiger partial charge in [0.1, 0.15) is 54.2 Å². The Balaban J connectivity index is 1.09. The Morgan fingerprint density at radius 3 is 2.52 bits per heavy atom. The summed E-state index contributed by atoms with van der Waals surface area (Å²) < 4.78 is 62.2. The zero-order valence-electron chi connectivity index (χ0n) is 23.2. The molecule has 8 N–H and O–H groups in total. The minimum absolute atomic E-state index is 0.0458. The summed E-state index contributed by atoms with van der Waals surface area (Å²) in [6, 6.07) is 0. The summed E-state index contributed by atoms with van der Waals surface area (Å²) in [6.45, 7) is -5.55. The Morgan fingerprint density at radius 2 is 1.76 bits per heavy atom. The lowest BCUT2D eigenvalue weighted by molar-refractivity contribution is -0.0546. The average molecular weight is 723 g/mol. The van der Waals surface area contributed by atoms with Crippen LogP contribution in [-0.4, -0.2) is 106 Å². The smallest absolute Gasteiger partial charge is 0.386 e. The Labute approximate surface area is 269 Å². The average Bonchev–Trinajstić information content (AvgIpc) is 3.24. The van der Waals surface area contributed by atoms with E-state index in [1.165, 1.54) is 28.1 Å². The lowest BCUT2D eigenvalue weighted by Gasteiger charge is -2.26. The number of ether oxygens (including phenoxy) is 3. The summed E-state index contributed by atoms with van der Waals surface area (Å²) in [7, 11) is -2.89. The van der Waals surface area contributed by atoms with Crippen molar-refractivity contribution in [3.63, 3.8) is 0 Å². The van der Waals surface area contributed by atoms with Crippen molar-refractivity contribution in [3.8, 4) is 0 Å². The summed E-state index contributed by atoms with van der Waals surface area (Å²) in [4.78, 5) is 20.9. The van der Waals surface area contributed by atoms with Crippen molar-refractivity contribution in [3.05, 3.63) is 24.7 Å². The maximum Gasteiger partial charge on any atom is 0.386 e. The number of nitrogens with one attached hydrogen (secondary N) is 1. The van der Waals surface area contributed by atoms with Crippen LogP contribution in [0.25, 0.3) is 11.2 Å². The number of hydrogen-bond acceptors (Lipinski definition) is 19.